The molecule has 1 aromatic carbocycles. The highest BCUT2D eigenvalue weighted by atomic mass is 32.2. The highest BCUT2D eigenvalue weighted by Gasteiger charge is 2.46. The predicted molar refractivity (Wildman–Crippen MR) is 115 cm³/mol. The van der Waals surface area contributed by atoms with Crippen LogP contribution >= 0.6 is 11.8 Å². The van der Waals surface area contributed by atoms with Crippen molar-refractivity contribution in [3.8, 4) is 5.75 Å². The van der Waals surface area contributed by atoms with Gasteiger partial charge in [-0.25, -0.2) is 9.79 Å². The van der Waals surface area contributed by atoms with Gasteiger partial charge in [0.05, 0.1) is 29.2 Å². The summed E-state index contributed by atoms with van der Waals surface area (Å²) in [6.07, 6.45) is 3.57. The smallest absolute Gasteiger partial charge is 0.338 e. The van der Waals surface area contributed by atoms with Crippen molar-refractivity contribution in [1.82, 2.24) is 4.90 Å². The summed E-state index contributed by atoms with van der Waals surface area (Å²) in [6.45, 7) is 10.1. The summed E-state index contributed by atoms with van der Waals surface area (Å²) in [7, 11) is 0. The van der Waals surface area contributed by atoms with Crippen LogP contribution in [-0.2, 0) is 14.3 Å². The minimum Gasteiger partial charge on any atom is -0.494 e. The number of benzene rings is 1. The lowest BCUT2D eigenvalue weighted by atomic mass is 9.94. The molecule has 2 aliphatic rings. The Morgan fingerprint density at radius 1 is 1.34 bits per heavy atom. The summed E-state index contributed by atoms with van der Waals surface area (Å²) in [6, 6.07) is 6.95. The molecule has 2 unspecified atom stereocenters. The van der Waals surface area contributed by atoms with Gasteiger partial charge in [0.25, 0.3) is 0 Å². The molecule has 0 bridgehead atoms. The maximum absolute atomic E-state index is 12.9. The van der Waals surface area contributed by atoms with Crippen molar-refractivity contribution in [1.29, 1.82) is 0 Å². The first-order valence-corrected chi connectivity index (χ1v) is 10.7. The third-order valence-corrected chi connectivity index (χ3v) is 5.83. The number of amidine groups is 1. The van der Waals surface area contributed by atoms with Gasteiger partial charge in [0.2, 0.25) is 5.91 Å². The van der Waals surface area contributed by atoms with E-state index in [1.54, 1.807) is 11.8 Å². The molecule has 1 amide bonds. The van der Waals surface area contributed by atoms with Gasteiger partial charge in [-0.3, -0.25) is 9.69 Å². The number of allylic oxidation sites excluding steroid dienone is 1. The number of aliphatic imine (C=N–C) groups is 1. The van der Waals surface area contributed by atoms with Crippen LogP contribution in [-0.4, -0.2) is 40.4 Å². The van der Waals surface area contributed by atoms with Crippen LogP contribution in [0.15, 0.2) is 53.2 Å². The van der Waals surface area contributed by atoms with E-state index >= 15 is 0 Å². The summed E-state index contributed by atoms with van der Waals surface area (Å²) in [4.78, 5) is 31.8. The van der Waals surface area contributed by atoms with Gasteiger partial charge < -0.3 is 9.47 Å². The third-order valence-electron chi connectivity index (χ3n) is 4.77. The van der Waals surface area contributed by atoms with Crippen molar-refractivity contribution in [3.63, 3.8) is 0 Å². The number of thioether (sulfide) groups is 1. The molecular weight excluding hydrogens is 388 g/mol. The van der Waals surface area contributed by atoms with Crippen molar-refractivity contribution in [2.45, 2.75) is 44.9 Å². The Bertz CT molecular complexity index is 860. The molecule has 1 aromatic rings. The maximum atomic E-state index is 12.9. The normalized spacial score (nSPS) is 21.0. The first kappa shape index (κ1) is 21.2. The average Bonchev–Trinajstić information content (AvgIpc) is 2.99. The minimum absolute atomic E-state index is 0.0662. The average molecular weight is 415 g/mol. The summed E-state index contributed by atoms with van der Waals surface area (Å²) in [5, 5.41) is 0.373. The van der Waals surface area contributed by atoms with Gasteiger partial charge >= 0.3 is 5.97 Å². The molecule has 6 nitrogen and oxygen atoms in total. The van der Waals surface area contributed by atoms with Crippen LogP contribution in [0.3, 0.4) is 0 Å². The lowest BCUT2D eigenvalue weighted by molar-refractivity contribution is -0.139. The van der Waals surface area contributed by atoms with E-state index in [-0.39, 0.29) is 17.8 Å². The van der Waals surface area contributed by atoms with Crippen molar-refractivity contribution in [2.75, 3.05) is 13.2 Å². The molecule has 0 aliphatic carbocycles. The minimum atomic E-state index is -0.575. The summed E-state index contributed by atoms with van der Waals surface area (Å²) >= 11 is 1.41. The maximum Gasteiger partial charge on any atom is 0.338 e. The van der Waals surface area contributed by atoms with E-state index in [4.69, 9.17) is 9.47 Å². The molecule has 7 heteroatoms. The van der Waals surface area contributed by atoms with Crippen molar-refractivity contribution in [2.24, 2.45) is 4.99 Å². The molecule has 1 saturated heterocycles. The quantitative estimate of drug-likeness (QED) is 0.361. The van der Waals surface area contributed by atoms with E-state index < -0.39 is 12.0 Å². The van der Waals surface area contributed by atoms with E-state index in [1.165, 1.54) is 17.8 Å². The molecule has 154 valence electrons. The largest absolute Gasteiger partial charge is 0.494 e. The number of carbonyl (C=O) groups is 2. The molecular formula is C22H26N2O4S. The zero-order valence-corrected chi connectivity index (χ0v) is 17.8. The number of carbonyl (C=O) groups excluding carboxylic acids is 2. The Morgan fingerprint density at radius 2 is 2.07 bits per heavy atom. The fourth-order valence-electron chi connectivity index (χ4n) is 3.27. The topological polar surface area (TPSA) is 68.2 Å². The van der Waals surface area contributed by atoms with Gasteiger partial charge in [0.1, 0.15) is 12.4 Å². The second-order valence-electron chi connectivity index (χ2n) is 6.92. The Hall–Kier alpha value is -2.54. The number of nitrogens with zero attached hydrogens (tertiary/aromatic N) is 2. The van der Waals surface area contributed by atoms with Gasteiger partial charge in [-0.15, -0.1) is 0 Å². The van der Waals surface area contributed by atoms with Crippen LogP contribution < -0.4 is 4.74 Å². The molecule has 0 spiro atoms. The molecule has 0 saturated carbocycles. The van der Waals surface area contributed by atoms with Gasteiger partial charge in [-0.05, 0) is 38.0 Å². The van der Waals surface area contributed by atoms with E-state index in [0.29, 0.717) is 23.0 Å². The van der Waals surface area contributed by atoms with Crippen LogP contribution in [0.5, 0.6) is 5.75 Å². The summed E-state index contributed by atoms with van der Waals surface area (Å²) in [5.74, 6) is 0.207. The second kappa shape index (κ2) is 9.31. The highest BCUT2D eigenvalue weighted by molar-refractivity contribution is 8.15. The Kier molecular flexibility index (Phi) is 6.79. The lowest BCUT2D eigenvalue weighted by Gasteiger charge is -2.33. The molecule has 2 heterocycles. The molecule has 3 rings (SSSR count). The monoisotopic (exact) mass is 414 g/mol. The number of unbranched alkanes of at least 4 members (excludes halogenated alkanes) is 1. The van der Waals surface area contributed by atoms with Crippen molar-refractivity contribution >= 4 is 28.8 Å². The van der Waals surface area contributed by atoms with E-state index in [2.05, 4.69) is 18.5 Å². The fraction of sp³-hybridized carbons (Fsp3) is 0.409. The zero-order chi connectivity index (χ0) is 21.0. The summed E-state index contributed by atoms with van der Waals surface area (Å²) < 4.78 is 11.0. The van der Waals surface area contributed by atoms with Crippen molar-refractivity contribution in [3.05, 3.63) is 53.8 Å². The van der Waals surface area contributed by atoms with Crippen LogP contribution in [0.2, 0.25) is 0 Å². The van der Waals surface area contributed by atoms with E-state index in [9.17, 15) is 9.59 Å². The molecule has 1 fully saturated rings. The van der Waals surface area contributed by atoms with Crippen molar-refractivity contribution < 1.29 is 19.1 Å². The lowest BCUT2D eigenvalue weighted by Crippen LogP contribution is -2.40. The third kappa shape index (κ3) is 4.40. The highest BCUT2D eigenvalue weighted by Crippen LogP contribution is 2.43. The van der Waals surface area contributed by atoms with Gasteiger partial charge in [0, 0.05) is 0 Å². The molecule has 2 atom stereocenters. The SMILES string of the molecule is C=CCOC(=O)C1=C(C)N=C2SC(C)C(=O)N2C1c1ccc(OCCCC)cc1. The Morgan fingerprint density at radius 3 is 2.72 bits per heavy atom. The Balaban J connectivity index is 1.96. The van der Waals surface area contributed by atoms with Crippen LogP contribution in [0.25, 0.3) is 0 Å². The molecule has 0 radical (unpaired) electrons. The fourth-order valence-corrected chi connectivity index (χ4v) is 4.30. The molecule has 29 heavy (non-hydrogen) atoms. The van der Waals surface area contributed by atoms with Crippen LogP contribution in [0.1, 0.15) is 45.2 Å². The van der Waals surface area contributed by atoms with E-state index in [1.807, 2.05) is 31.2 Å². The predicted octanol–water partition coefficient (Wildman–Crippen LogP) is 4.24. The zero-order valence-electron chi connectivity index (χ0n) is 17.0. The van der Waals surface area contributed by atoms with Crippen LogP contribution in [0, 0.1) is 0 Å². The Labute approximate surface area is 175 Å². The number of amides is 1. The number of ether oxygens (including phenoxy) is 2. The number of rotatable bonds is 8. The molecule has 0 aromatic heterocycles. The van der Waals surface area contributed by atoms with Gasteiger partial charge in [-0.2, -0.15) is 0 Å². The van der Waals surface area contributed by atoms with Crippen LogP contribution in [0.4, 0.5) is 0 Å². The number of hydrogen-bond donors (Lipinski definition) is 0. The number of esters is 1. The van der Waals surface area contributed by atoms with E-state index in [0.717, 1.165) is 24.2 Å². The van der Waals surface area contributed by atoms with Gasteiger partial charge in [-0.1, -0.05) is 49.9 Å². The number of fused-ring (bicyclic) bond motifs is 1. The second-order valence-corrected chi connectivity index (χ2v) is 8.23. The molecule has 0 N–H and O–H groups in total. The molecule has 2 aliphatic heterocycles. The first-order valence-electron chi connectivity index (χ1n) is 9.77. The standard InChI is InChI=1S/C22H26N2O4S/c1-5-7-13-27-17-10-8-16(9-11-17)19-18(21(26)28-12-6-2)14(3)23-22-24(19)20(25)15(4)29-22/h6,8-11,15,19H,2,5,7,12-13H2,1,3-4H3. The first-order chi connectivity index (χ1) is 14.0. The number of hydrogen-bond acceptors (Lipinski definition) is 6. The van der Waals surface area contributed by atoms with Gasteiger partial charge in [0.15, 0.2) is 5.17 Å². The summed E-state index contributed by atoms with van der Waals surface area (Å²) in [5.41, 5.74) is 1.75.